The van der Waals surface area contributed by atoms with E-state index in [2.05, 4.69) is 43.7 Å². The van der Waals surface area contributed by atoms with Crippen molar-refractivity contribution in [2.24, 2.45) is 0 Å². The van der Waals surface area contributed by atoms with Crippen LogP contribution in [-0.2, 0) is 9.31 Å². The summed E-state index contributed by atoms with van der Waals surface area (Å²) in [5.41, 5.74) is 2.36. The standard InChI is InChI=1S/C23H25BN2O3/c1-6-21(27)19-11-10-16(13-25-19)20-12-15-8-7-9-18(17(15)14-26-20)24-28-22(2,3)23(4,5)29-24/h7-14H,6H2,1-5H3. The van der Waals surface area contributed by atoms with Crippen LogP contribution in [0.25, 0.3) is 22.0 Å². The molecule has 0 saturated carbocycles. The van der Waals surface area contributed by atoms with Gasteiger partial charge in [0, 0.05) is 24.4 Å². The topological polar surface area (TPSA) is 61.3 Å². The number of pyridine rings is 2. The van der Waals surface area contributed by atoms with Crippen molar-refractivity contribution in [1.29, 1.82) is 0 Å². The van der Waals surface area contributed by atoms with Crippen molar-refractivity contribution in [2.45, 2.75) is 52.2 Å². The number of aromatic nitrogens is 2. The number of hydrogen-bond acceptors (Lipinski definition) is 5. The van der Waals surface area contributed by atoms with Crippen LogP contribution < -0.4 is 5.46 Å². The Labute approximate surface area is 171 Å². The molecular weight excluding hydrogens is 363 g/mol. The molecule has 6 heteroatoms. The molecule has 4 rings (SSSR count). The van der Waals surface area contributed by atoms with Crippen LogP contribution in [0.15, 0.2) is 48.8 Å². The third kappa shape index (κ3) is 3.47. The predicted octanol–water partition coefficient (Wildman–Crippen LogP) is 4.19. The van der Waals surface area contributed by atoms with Gasteiger partial charge in [-0.2, -0.15) is 0 Å². The van der Waals surface area contributed by atoms with Gasteiger partial charge in [0.2, 0.25) is 0 Å². The minimum Gasteiger partial charge on any atom is -0.399 e. The molecule has 148 valence electrons. The zero-order valence-corrected chi connectivity index (χ0v) is 17.5. The molecule has 3 aromatic rings. The first-order valence-corrected chi connectivity index (χ1v) is 9.96. The number of fused-ring (bicyclic) bond motifs is 1. The lowest BCUT2D eigenvalue weighted by Crippen LogP contribution is -2.41. The highest BCUT2D eigenvalue weighted by atomic mass is 16.7. The highest BCUT2D eigenvalue weighted by Gasteiger charge is 2.52. The Hall–Kier alpha value is -2.57. The van der Waals surface area contributed by atoms with Gasteiger partial charge < -0.3 is 9.31 Å². The highest BCUT2D eigenvalue weighted by Crippen LogP contribution is 2.37. The summed E-state index contributed by atoms with van der Waals surface area (Å²) in [5, 5.41) is 2.05. The van der Waals surface area contributed by atoms with Crippen LogP contribution in [0.3, 0.4) is 0 Å². The molecule has 29 heavy (non-hydrogen) atoms. The Morgan fingerprint density at radius 1 is 1.00 bits per heavy atom. The summed E-state index contributed by atoms with van der Waals surface area (Å²) in [4.78, 5) is 20.7. The predicted molar refractivity (Wildman–Crippen MR) is 115 cm³/mol. The van der Waals surface area contributed by atoms with Gasteiger partial charge in [-0.25, -0.2) is 0 Å². The molecule has 1 fully saturated rings. The van der Waals surface area contributed by atoms with Crippen molar-refractivity contribution in [3.63, 3.8) is 0 Å². The summed E-state index contributed by atoms with van der Waals surface area (Å²) in [6.45, 7) is 10.0. The van der Waals surface area contributed by atoms with Crippen LogP contribution >= 0.6 is 0 Å². The Balaban J connectivity index is 1.69. The summed E-state index contributed by atoms with van der Waals surface area (Å²) in [5.74, 6) is 0.0371. The first kappa shape index (κ1) is 19.7. The smallest absolute Gasteiger partial charge is 0.399 e. The maximum atomic E-state index is 11.8. The largest absolute Gasteiger partial charge is 0.495 e. The minimum absolute atomic E-state index is 0.0371. The van der Waals surface area contributed by atoms with Crippen molar-refractivity contribution in [3.8, 4) is 11.3 Å². The molecule has 0 amide bonds. The van der Waals surface area contributed by atoms with Crippen molar-refractivity contribution < 1.29 is 14.1 Å². The van der Waals surface area contributed by atoms with Crippen molar-refractivity contribution >= 4 is 29.1 Å². The monoisotopic (exact) mass is 388 g/mol. The van der Waals surface area contributed by atoms with E-state index in [-0.39, 0.29) is 5.78 Å². The molecule has 0 N–H and O–H groups in total. The highest BCUT2D eigenvalue weighted by molar-refractivity contribution is 6.65. The number of ketones is 1. The van der Waals surface area contributed by atoms with E-state index in [1.54, 1.807) is 12.3 Å². The van der Waals surface area contributed by atoms with E-state index in [0.717, 1.165) is 27.5 Å². The summed E-state index contributed by atoms with van der Waals surface area (Å²) >= 11 is 0. The number of carbonyl (C=O) groups excluding carboxylic acids is 1. The van der Waals surface area contributed by atoms with Crippen molar-refractivity contribution in [1.82, 2.24) is 9.97 Å². The van der Waals surface area contributed by atoms with Gasteiger partial charge in [-0.05, 0) is 62.1 Å². The van der Waals surface area contributed by atoms with E-state index in [1.807, 2.05) is 37.4 Å². The molecule has 1 aromatic carbocycles. The Kier molecular flexibility index (Phi) is 4.79. The summed E-state index contributed by atoms with van der Waals surface area (Å²) in [7, 11) is -0.433. The number of benzene rings is 1. The van der Waals surface area contributed by atoms with E-state index >= 15 is 0 Å². The third-order valence-corrected chi connectivity index (χ3v) is 5.97. The average Bonchev–Trinajstić information content (AvgIpc) is 2.93. The normalized spacial score (nSPS) is 17.6. The summed E-state index contributed by atoms with van der Waals surface area (Å²) in [6.07, 6.45) is 4.01. The average molecular weight is 388 g/mol. The number of rotatable bonds is 4. The van der Waals surface area contributed by atoms with Gasteiger partial charge in [0.15, 0.2) is 5.78 Å². The van der Waals surface area contributed by atoms with Gasteiger partial charge in [0.1, 0.15) is 5.69 Å². The summed E-state index contributed by atoms with van der Waals surface area (Å²) in [6, 6.07) is 11.8. The van der Waals surface area contributed by atoms with E-state index < -0.39 is 18.3 Å². The number of hydrogen-bond donors (Lipinski definition) is 0. The minimum atomic E-state index is -0.433. The van der Waals surface area contributed by atoms with Crippen LogP contribution in [-0.4, -0.2) is 34.1 Å². The lowest BCUT2D eigenvalue weighted by molar-refractivity contribution is 0.00578. The second-order valence-electron chi connectivity index (χ2n) is 8.44. The third-order valence-electron chi connectivity index (χ3n) is 5.97. The molecule has 1 aliphatic heterocycles. The fourth-order valence-corrected chi connectivity index (χ4v) is 3.42. The molecule has 3 heterocycles. The Morgan fingerprint density at radius 3 is 2.34 bits per heavy atom. The second kappa shape index (κ2) is 7.04. The van der Waals surface area contributed by atoms with E-state index in [1.165, 1.54) is 0 Å². The van der Waals surface area contributed by atoms with E-state index in [9.17, 15) is 4.79 Å². The lowest BCUT2D eigenvalue weighted by atomic mass is 9.76. The first-order valence-electron chi connectivity index (χ1n) is 9.96. The Bertz CT molecular complexity index is 1060. The zero-order chi connectivity index (χ0) is 20.8. The molecular formula is C23H25BN2O3. The van der Waals surface area contributed by atoms with Gasteiger partial charge in [0.05, 0.1) is 16.9 Å². The van der Waals surface area contributed by atoms with Gasteiger partial charge in [0.25, 0.3) is 0 Å². The molecule has 2 aromatic heterocycles. The van der Waals surface area contributed by atoms with Crippen LogP contribution in [0.2, 0.25) is 0 Å². The van der Waals surface area contributed by atoms with Gasteiger partial charge in [-0.3, -0.25) is 14.8 Å². The first-order chi connectivity index (χ1) is 13.7. The second-order valence-corrected chi connectivity index (χ2v) is 8.44. The molecule has 0 atom stereocenters. The summed E-state index contributed by atoms with van der Waals surface area (Å²) < 4.78 is 12.5. The van der Waals surface area contributed by atoms with Gasteiger partial charge in [-0.1, -0.05) is 25.1 Å². The molecule has 0 radical (unpaired) electrons. The molecule has 0 unspecified atom stereocenters. The molecule has 0 bridgehead atoms. The quantitative estimate of drug-likeness (QED) is 0.496. The Morgan fingerprint density at radius 2 is 1.72 bits per heavy atom. The van der Waals surface area contributed by atoms with Crippen LogP contribution in [0.5, 0.6) is 0 Å². The van der Waals surface area contributed by atoms with Crippen LogP contribution in [0.1, 0.15) is 51.5 Å². The maximum Gasteiger partial charge on any atom is 0.495 e. The molecule has 0 aliphatic carbocycles. The van der Waals surface area contributed by atoms with Crippen LogP contribution in [0.4, 0.5) is 0 Å². The van der Waals surface area contributed by atoms with Crippen molar-refractivity contribution in [2.75, 3.05) is 0 Å². The number of nitrogens with zero attached hydrogens (tertiary/aromatic N) is 2. The fraction of sp³-hybridized carbons (Fsp3) is 0.348. The maximum absolute atomic E-state index is 11.8. The zero-order valence-electron chi connectivity index (χ0n) is 17.5. The van der Waals surface area contributed by atoms with Gasteiger partial charge in [-0.15, -0.1) is 0 Å². The van der Waals surface area contributed by atoms with E-state index in [0.29, 0.717) is 12.1 Å². The van der Waals surface area contributed by atoms with Crippen molar-refractivity contribution in [3.05, 3.63) is 54.5 Å². The van der Waals surface area contributed by atoms with Crippen LogP contribution in [0, 0.1) is 0 Å². The number of Topliss-reactive ketones (excluding diaryl/α,β-unsaturated/α-hetero) is 1. The SMILES string of the molecule is CCC(=O)c1ccc(-c2cc3cccc(B4OC(C)(C)C(C)(C)O4)c3cn2)cn1. The number of carbonyl (C=O) groups is 1. The molecule has 0 spiro atoms. The molecule has 1 aliphatic rings. The fourth-order valence-electron chi connectivity index (χ4n) is 3.42. The molecule has 5 nitrogen and oxygen atoms in total. The molecule has 1 saturated heterocycles. The van der Waals surface area contributed by atoms with E-state index in [4.69, 9.17) is 9.31 Å². The lowest BCUT2D eigenvalue weighted by Gasteiger charge is -2.32. The van der Waals surface area contributed by atoms with Gasteiger partial charge >= 0.3 is 7.12 Å².